The van der Waals surface area contributed by atoms with E-state index in [4.69, 9.17) is 51.3 Å². The number of hydrogen-bond acceptors (Lipinski definition) is 31. The molecule has 768 valence electrons. The van der Waals surface area contributed by atoms with Crippen molar-refractivity contribution in [3.8, 4) is 51.4 Å². The van der Waals surface area contributed by atoms with Gasteiger partial charge < -0.3 is 51.0 Å². The normalized spacial score (nSPS) is 17.7. The van der Waals surface area contributed by atoms with E-state index in [1.165, 1.54) is 78.9 Å². The van der Waals surface area contributed by atoms with Crippen LogP contribution >= 0.6 is 0 Å². The molecule has 0 radical (unpaired) electrons. The molecule has 6 atom stereocenters. The summed E-state index contributed by atoms with van der Waals surface area (Å²) in [4.78, 5) is 101. The van der Waals surface area contributed by atoms with Crippen LogP contribution in [0, 0.1) is 43.3 Å². The van der Waals surface area contributed by atoms with Gasteiger partial charge in [0.2, 0.25) is 11.8 Å². The highest BCUT2D eigenvalue weighted by Crippen LogP contribution is 2.44. The van der Waals surface area contributed by atoms with Gasteiger partial charge in [0.25, 0.3) is 63.7 Å². The van der Waals surface area contributed by atoms with Crippen molar-refractivity contribution < 1.29 is 71.5 Å². The number of pyridine rings is 9. The van der Waals surface area contributed by atoms with Crippen molar-refractivity contribution in [3.05, 3.63) is 221 Å². The van der Waals surface area contributed by atoms with Gasteiger partial charge >= 0.3 is 0 Å². The van der Waals surface area contributed by atoms with Crippen LogP contribution in [0.4, 0.5) is 45.1 Å². The molecular formula is C104H131FN20O15S4. The lowest BCUT2D eigenvalue weighted by molar-refractivity contribution is 0.0972. The molecule has 15 rings (SSSR count). The fourth-order valence-electron chi connectivity index (χ4n) is 18.2. The Morgan fingerprint density at radius 3 is 1.31 bits per heavy atom. The van der Waals surface area contributed by atoms with Gasteiger partial charge in [0, 0.05) is 95.0 Å². The zero-order valence-corrected chi connectivity index (χ0v) is 88.5. The van der Waals surface area contributed by atoms with Gasteiger partial charge in [-0.2, -0.15) is 25.3 Å². The number of anilines is 7. The lowest BCUT2D eigenvalue weighted by Crippen LogP contribution is -2.41. The summed E-state index contributed by atoms with van der Waals surface area (Å²) in [6, 6.07) is 43.8. The van der Waals surface area contributed by atoms with Crippen LogP contribution in [0.25, 0.3) is 33.9 Å². The summed E-state index contributed by atoms with van der Waals surface area (Å²) in [5.41, 5.74) is 22.6. The molecule has 4 amide bonds. The number of aryl methyl sites for hydroxylation is 2. The Bertz CT molecular complexity index is 7070. The summed E-state index contributed by atoms with van der Waals surface area (Å²) in [7, 11) is -16.8. The van der Waals surface area contributed by atoms with Gasteiger partial charge in [-0.05, 0) is 272 Å². The van der Waals surface area contributed by atoms with Crippen LogP contribution in [0.15, 0.2) is 196 Å². The van der Waals surface area contributed by atoms with Gasteiger partial charge in [-0.3, -0.25) is 19.2 Å². The van der Waals surface area contributed by atoms with Crippen molar-refractivity contribution in [1.82, 2.24) is 63.7 Å². The number of aromatic nitrogens is 9. The van der Waals surface area contributed by atoms with Crippen molar-refractivity contribution in [3.63, 3.8) is 0 Å². The van der Waals surface area contributed by atoms with Gasteiger partial charge in [0.05, 0.1) is 69.2 Å². The number of amides is 4. The van der Waals surface area contributed by atoms with Gasteiger partial charge in [0.1, 0.15) is 52.3 Å². The highest BCUT2D eigenvalue weighted by molar-refractivity contribution is 7.91. The van der Waals surface area contributed by atoms with Gasteiger partial charge in [-0.1, -0.05) is 98.2 Å². The predicted molar refractivity (Wildman–Crippen MR) is 556 cm³/mol. The first-order valence-corrected chi connectivity index (χ1v) is 53.8. The van der Waals surface area contributed by atoms with Crippen LogP contribution < -0.4 is 69.9 Å². The topological polar surface area (TPSA) is 488 Å². The maximum atomic E-state index is 14.6. The van der Waals surface area contributed by atoms with E-state index in [-0.39, 0.29) is 99.9 Å². The van der Waals surface area contributed by atoms with E-state index in [1.807, 2.05) is 78.5 Å². The van der Waals surface area contributed by atoms with Crippen LogP contribution in [-0.4, -0.2) is 170 Å². The largest absolute Gasteiger partial charge is 0.493 e. The monoisotopic (exact) mass is 2050 g/mol. The van der Waals surface area contributed by atoms with E-state index in [9.17, 15) is 57.2 Å². The molecule has 0 aliphatic carbocycles. The zero-order chi connectivity index (χ0) is 105. The van der Waals surface area contributed by atoms with Crippen LogP contribution in [0.5, 0.6) is 17.5 Å². The second-order valence-corrected chi connectivity index (χ2v) is 47.0. The standard InChI is InChI=1S/C30H36FN3O4S.2C26H32N6O4S.C22H31N5O3S/c1-6-20(2)19-38-24-15-22(14-23(31)16-24)27-13-12-26(28(32-27)34-18-21(3)17-30(34,4)5)29(35)33-39(36,37)25-10-8-7-9-11-25;1-15(2)36-23-13-16(3)20(14-28-23)21-12-11-19(25(29-21)32-17(4)9-10-18(32)5)26(33)31-37(34,35)24-8-6-7-22(27)30-24;1-6-36-22-13-16(2)12-20(28-22)19-11-10-18(24(29-19)32-15-17(3)14-26(32,4)5)25(33)31-37(34,35)23-9-7-8-21(27)30-23;1-14-12-22(5,6)27(13-14)19-15(10-11-16(24-19)21(2,3)4)20(28)26-31(29,30)18-9-7-8-17(23)25-18/h7-16,20-21H,6,17-19H2,1-5H3,(H,33,35);6-8,11-15,17-18H,9-10H2,1-5H3,(H2,27,30)(H,31,33);7-13,17H,6,14-15H2,1-5H3,(H2,27,30)(H,31,33);7-11,14H,12-13H2,1-6H3,(H2,23,25)(H,26,28)/t20?,21-;17-,18+;17-;/m0.0./s1. The molecule has 13 heterocycles. The first kappa shape index (κ1) is 109. The Balaban J connectivity index is 0.000000172. The quantitative estimate of drug-likeness (QED) is 0.0251. The molecule has 2 unspecified atom stereocenters. The van der Waals surface area contributed by atoms with Crippen LogP contribution in [0.1, 0.15) is 228 Å². The number of halogens is 1. The average Bonchev–Trinajstić information content (AvgIpc) is 1.59. The molecule has 0 spiro atoms. The number of ether oxygens (including phenoxy) is 3. The molecule has 0 bridgehead atoms. The molecule has 11 aromatic rings. The molecule has 4 aliphatic rings. The van der Waals surface area contributed by atoms with Gasteiger partial charge in [-0.25, -0.2) is 76.6 Å². The summed E-state index contributed by atoms with van der Waals surface area (Å²) >= 11 is 0. The minimum Gasteiger partial charge on any atom is -0.493 e. The summed E-state index contributed by atoms with van der Waals surface area (Å²) in [6.45, 7) is 46.0. The van der Waals surface area contributed by atoms with Gasteiger partial charge in [0.15, 0.2) is 15.1 Å². The Kier molecular flexibility index (Phi) is 33.6. The van der Waals surface area contributed by atoms with Crippen LogP contribution in [0.3, 0.4) is 0 Å². The third kappa shape index (κ3) is 26.7. The molecule has 2 aromatic carbocycles. The minimum absolute atomic E-state index is 0.00257. The molecule has 0 saturated carbocycles. The summed E-state index contributed by atoms with van der Waals surface area (Å²) < 4.78 is 143. The molecule has 35 nitrogen and oxygen atoms in total. The molecular weight excluding hydrogens is 1920 g/mol. The number of sulfonamides is 4. The summed E-state index contributed by atoms with van der Waals surface area (Å²) in [5.74, 6) is 1.06. The van der Waals surface area contributed by atoms with Gasteiger partial charge in [-0.15, -0.1) is 0 Å². The zero-order valence-electron chi connectivity index (χ0n) is 85.2. The third-order valence-electron chi connectivity index (χ3n) is 25.1. The van der Waals surface area contributed by atoms with Crippen molar-refractivity contribution in [1.29, 1.82) is 0 Å². The smallest absolute Gasteiger partial charge is 0.281 e. The van der Waals surface area contributed by atoms with E-state index in [0.717, 1.165) is 67.5 Å². The average molecular weight is 2050 g/mol. The number of nitrogens with zero attached hydrogens (tertiary/aromatic N) is 13. The SMILES string of the molecule is CC1CN(c2nc(C(C)(C)C)ccc2C(=O)NS(=O)(=O)c2cccc(N)n2)C(C)(C)C1.CCC(C)COc1cc(F)cc(-c2ccc(C(=O)NS(=O)(=O)c3ccccc3)c(N3C[C@@H](C)CC3(C)C)n2)c1.CCOc1cc(C)cc(-c2ccc(C(=O)NS(=O)(=O)c3cccc(N)n3)c(N3C[C@@H](C)CC3(C)C)n2)n1.Cc1cc(OC(C)C)ncc1-c1ccc(C(=O)NS(=O)(=O)c2cccc(N)n2)c(N2[C@H](C)CC[C@@H]2C)n1. The number of nitrogens with two attached hydrogens (primary N) is 3. The number of hydrogen-bond donors (Lipinski definition) is 7. The number of carbonyl (C=O) groups excluding carboxylic acids is 4. The summed E-state index contributed by atoms with van der Waals surface area (Å²) in [6.07, 6.45) is 7.21. The van der Waals surface area contributed by atoms with E-state index >= 15 is 0 Å². The van der Waals surface area contributed by atoms with Crippen LogP contribution in [0.2, 0.25) is 0 Å². The second kappa shape index (κ2) is 44.3. The minimum atomic E-state index is -4.26. The maximum Gasteiger partial charge on any atom is 0.281 e. The molecule has 4 aliphatic heterocycles. The first-order valence-electron chi connectivity index (χ1n) is 47.8. The third-order valence-corrected chi connectivity index (χ3v) is 30.1. The first-order chi connectivity index (χ1) is 67.4. The van der Waals surface area contributed by atoms with E-state index < -0.39 is 69.5 Å². The van der Waals surface area contributed by atoms with E-state index in [0.29, 0.717) is 119 Å². The van der Waals surface area contributed by atoms with Crippen molar-refractivity contribution in [2.24, 2.45) is 23.7 Å². The predicted octanol–water partition coefficient (Wildman–Crippen LogP) is 16.4. The Morgan fingerprint density at radius 2 is 0.889 bits per heavy atom. The highest BCUT2D eigenvalue weighted by Gasteiger charge is 2.44. The molecule has 144 heavy (non-hydrogen) atoms. The molecule has 40 heteroatoms. The number of carbonyl (C=O) groups is 4. The number of rotatable bonds is 27. The number of benzene rings is 2. The Labute approximate surface area is 844 Å². The lowest BCUT2D eigenvalue weighted by atomic mass is 9.91. The summed E-state index contributed by atoms with van der Waals surface area (Å²) in [5, 5.41) is -0.980. The fraction of sp³-hybridized carbons (Fsp3) is 0.413. The number of nitrogens with one attached hydrogen (secondary N) is 4. The highest BCUT2D eigenvalue weighted by atomic mass is 32.2. The van der Waals surface area contributed by atoms with Crippen molar-refractivity contribution in [2.45, 2.75) is 244 Å². The Hall–Kier alpha value is -13.6. The van der Waals surface area contributed by atoms with E-state index in [1.54, 1.807) is 79.0 Å². The molecule has 4 saturated heterocycles. The maximum absolute atomic E-state index is 14.6. The lowest BCUT2D eigenvalue weighted by Gasteiger charge is -2.34. The van der Waals surface area contributed by atoms with Crippen LogP contribution in [-0.2, 0) is 45.5 Å². The van der Waals surface area contributed by atoms with Crippen molar-refractivity contribution in [2.75, 3.05) is 69.6 Å². The van der Waals surface area contributed by atoms with Crippen molar-refractivity contribution >= 4 is 104 Å². The second-order valence-electron chi connectivity index (χ2n) is 40.5. The Morgan fingerprint density at radius 1 is 0.465 bits per heavy atom. The molecule has 9 aromatic heterocycles. The number of nitrogen functional groups attached to an aromatic ring is 3. The van der Waals surface area contributed by atoms with E-state index in [2.05, 4.69) is 149 Å². The molecule has 10 N–H and O–H groups in total. The fourth-order valence-corrected chi connectivity index (χ4v) is 22.0. The molecule has 4 fully saturated rings.